The zero-order chi connectivity index (χ0) is 14.9. The largest absolute Gasteiger partial charge is 0.278 e. The third kappa shape index (κ3) is 3.36. The minimum absolute atomic E-state index is 0.211. The first-order chi connectivity index (χ1) is 9.29. The molecule has 0 aliphatic carbocycles. The number of hydrogen-bond acceptors (Lipinski definition) is 2. The molecule has 0 bridgehead atoms. The van der Waals surface area contributed by atoms with Crippen LogP contribution in [0.25, 0.3) is 0 Å². The number of benzene rings is 2. The first-order valence-electron chi connectivity index (χ1n) is 5.22. The second kappa shape index (κ2) is 5.79. The summed E-state index contributed by atoms with van der Waals surface area (Å²) in [6.45, 7) is 0. The highest BCUT2D eigenvalue weighted by Gasteiger charge is 2.21. The second-order valence-corrected chi connectivity index (χ2v) is 7.23. The van der Waals surface area contributed by atoms with Gasteiger partial charge in [-0.25, -0.2) is 17.2 Å². The number of anilines is 1. The van der Waals surface area contributed by atoms with Crippen molar-refractivity contribution in [3.05, 3.63) is 57.0 Å². The molecule has 0 atom stereocenters. The predicted molar refractivity (Wildman–Crippen MR) is 79.0 cm³/mol. The van der Waals surface area contributed by atoms with Crippen LogP contribution in [0.1, 0.15) is 0 Å². The van der Waals surface area contributed by atoms with Gasteiger partial charge in [-0.2, -0.15) is 0 Å². The van der Waals surface area contributed by atoms with E-state index in [0.717, 1.165) is 12.1 Å². The molecule has 0 radical (unpaired) electrons. The summed E-state index contributed by atoms with van der Waals surface area (Å²) in [6.07, 6.45) is 0. The fourth-order valence-electron chi connectivity index (χ4n) is 1.46. The van der Waals surface area contributed by atoms with Gasteiger partial charge in [-0.15, -0.1) is 0 Å². The molecule has 3 nitrogen and oxygen atoms in total. The Morgan fingerprint density at radius 1 is 1.00 bits per heavy atom. The molecule has 0 heterocycles. The Bertz CT molecular complexity index is 766. The van der Waals surface area contributed by atoms with Crippen LogP contribution < -0.4 is 4.72 Å². The van der Waals surface area contributed by atoms with E-state index in [9.17, 15) is 17.2 Å². The van der Waals surface area contributed by atoms with Gasteiger partial charge in [-0.1, -0.05) is 15.9 Å². The van der Waals surface area contributed by atoms with E-state index >= 15 is 0 Å². The van der Waals surface area contributed by atoms with Crippen LogP contribution in [-0.4, -0.2) is 8.42 Å². The molecule has 2 rings (SSSR count). The summed E-state index contributed by atoms with van der Waals surface area (Å²) in [4.78, 5) is -0.746. The normalized spacial score (nSPS) is 11.4. The van der Waals surface area contributed by atoms with Crippen LogP contribution in [0.2, 0.25) is 0 Å². The molecule has 1 N–H and O–H groups in total. The monoisotopic (exact) mass is 425 g/mol. The maximum absolute atomic E-state index is 13.5. The third-order valence-electron chi connectivity index (χ3n) is 2.36. The zero-order valence-corrected chi connectivity index (χ0v) is 13.7. The molecule has 106 valence electrons. The lowest BCUT2D eigenvalue weighted by Crippen LogP contribution is -2.15. The Labute approximate surface area is 131 Å². The SMILES string of the molecule is O=S(=O)(Nc1cc(Br)ccc1Br)c1cc(F)ccc1F. The van der Waals surface area contributed by atoms with Crippen LogP contribution in [0.15, 0.2) is 50.2 Å². The molecule has 0 spiro atoms. The van der Waals surface area contributed by atoms with Crippen molar-refractivity contribution in [2.24, 2.45) is 0 Å². The van der Waals surface area contributed by atoms with Crippen LogP contribution in [0.5, 0.6) is 0 Å². The number of nitrogens with one attached hydrogen (secondary N) is 1. The lowest BCUT2D eigenvalue weighted by molar-refractivity contribution is 0.555. The summed E-state index contributed by atoms with van der Waals surface area (Å²) in [6, 6.07) is 7.06. The molecular formula is C12H7Br2F2NO2S. The van der Waals surface area contributed by atoms with E-state index in [1.165, 1.54) is 6.07 Å². The van der Waals surface area contributed by atoms with Crippen LogP contribution >= 0.6 is 31.9 Å². The molecule has 0 aliphatic rings. The summed E-state index contributed by atoms with van der Waals surface area (Å²) in [5.74, 6) is -1.86. The zero-order valence-electron chi connectivity index (χ0n) is 9.70. The summed E-state index contributed by atoms with van der Waals surface area (Å²) in [5.41, 5.74) is 0.211. The summed E-state index contributed by atoms with van der Waals surface area (Å²) in [5, 5.41) is 0. The number of sulfonamides is 1. The van der Waals surface area contributed by atoms with Crippen molar-refractivity contribution < 1.29 is 17.2 Å². The van der Waals surface area contributed by atoms with E-state index in [1.54, 1.807) is 12.1 Å². The van der Waals surface area contributed by atoms with Gasteiger partial charge in [0.15, 0.2) is 0 Å². The second-order valence-electron chi connectivity index (χ2n) is 3.80. The first-order valence-corrected chi connectivity index (χ1v) is 8.29. The highest BCUT2D eigenvalue weighted by Crippen LogP contribution is 2.29. The molecule has 20 heavy (non-hydrogen) atoms. The highest BCUT2D eigenvalue weighted by atomic mass is 79.9. The van der Waals surface area contributed by atoms with E-state index < -0.39 is 26.6 Å². The highest BCUT2D eigenvalue weighted by molar-refractivity contribution is 9.11. The van der Waals surface area contributed by atoms with Gasteiger partial charge in [0.1, 0.15) is 16.5 Å². The molecule has 0 aliphatic heterocycles. The topological polar surface area (TPSA) is 46.2 Å². The summed E-state index contributed by atoms with van der Waals surface area (Å²) >= 11 is 6.37. The van der Waals surface area contributed by atoms with E-state index in [2.05, 4.69) is 36.6 Å². The van der Waals surface area contributed by atoms with Crippen molar-refractivity contribution in [3.8, 4) is 0 Å². The third-order valence-corrected chi connectivity index (χ3v) is 4.92. The van der Waals surface area contributed by atoms with Gasteiger partial charge in [0.25, 0.3) is 10.0 Å². The van der Waals surface area contributed by atoms with Crippen LogP contribution in [0.4, 0.5) is 14.5 Å². The van der Waals surface area contributed by atoms with Gasteiger partial charge in [0.2, 0.25) is 0 Å². The molecule has 0 fully saturated rings. The average molecular weight is 427 g/mol. The van der Waals surface area contributed by atoms with Crippen LogP contribution in [-0.2, 0) is 10.0 Å². The Balaban J connectivity index is 2.46. The van der Waals surface area contributed by atoms with Crippen LogP contribution in [0.3, 0.4) is 0 Å². The summed E-state index contributed by atoms with van der Waals surface area (Å²) < 4.78 is 54.1. The minimum Gasteiger partial charge on any atom is -0.278 e. The van der Waals surface area contributed by atoms with Crippen molar-refractivity contribution in [2.75, 3.05) is 4.72 Å². The Morgan fingerprint density at radius 3 is 2.40 bits per heavy atom. The number of hydrogen-bond donors (Lipinski definition) is 1. The lowest BCUT2D eigenvalue weighted by atomic mass is 10.3. The molecular weight excluding hydrogens is 420 g/mol. The molecule has 2 aromatic rings. The molecule has 0 saturated carbocycles. The predicted octanol–water partition coefficient (Wildman–Crippen LogP) is 4.29. The van der Waals surface area contributed by atoms with E-state index in [1.807, 2.05) is 0 Å². The molecule has 0 aromatic heterocycles. The van der Waals surface area contributed by atoms with Gasteiger partial charge < -0.3 is 0 Å². The van der Waals surface area contributed by atoms with Crippen molar-refractivity contribution in [1.82, 2.24) is 0 Å². The van der Waals surface area contributed by atoms with Gasteiger partial charge in [-0.3, -0.25) is 4.72 Å². The maximum atomic E-state index is 13.5. The smallest absolute Gasteiger partial charge is 0.264 e. The Kier molecular flexibility index (Phi) is 4.46. The maximum Gasteiger partial charge on any atom is 0.264 e. The molecule has 2 aromatic carbocycles. The van der Waals surface area contributed by atoms with Crippen LogP contribution in [0, 0.1) is 11.6 Å². The van der Waals surface area contributed by atoms with Gasteiger partial charge >= 0.3 is 0 Å². The van der Waals surface area contributed by atoms with Crippen molar-refractivity contribution in [1.29, 1.82) is 0 Å². The van der Waals surface area contributed by atoms with E-state index in [0.29, 0.717) is 15.0 Å². The number of rotatable bonds is 3. The fourth-order valence-corrected chi connectivity index (χ4v) is 3.46. The van der Waals surface area contributed by atoms with E-state index in [-0.39, 0.29) is 5.69 Å². The lowest BCUT2D eigenvalue weighted by Gasteiger charge is -2.11. The molecule has 0 unspecified atom stereocenters. The minimum atomic E-state index is -4.22. The first kappa shape index (κ1) is 15.4. The number of halogens is 4. The Morgan fingerprint density at radius 2 is 1.70 bits per heavy atom. The average Bonchev–Trinajstić information content (AvgIpc) is 2.36. The quantitative estimate of drug-likeness (QED) is 0.795. The van der Waals surface area contributed by atoms with Crippen molar-refractivity contribution in [2.45, 2.75) is 4.90 Å². The van der Waals surface area contributed by atoms with Gasteiger partial charge in [-0.05, 0) is 52.3 Å². The molecule has 0 amide bonds. The fraction of sp³-hybridized carbons (Fsp3) is 0. The van der Waals surface area contributed by atoms with Gasteiger partial charge in [0, 0.05) is 8.95 Å². The summed E-state index contributed by atoms with van der Waals surface area (Å²) in [7, 11) is -4.22. The van der Waals surface area contributed by atoms with Crippen molar-refractivity contribution >= 4 is 47.6 Å². The molecule has 8 heteroatoms. The van der Waals surface area contributed by atoms with Gasteiger partial charge in [0.05, 0.1) is 5.69 Å². The Hall–Kier alpha value is -0.990. The van der Waals surface area contributed by atoms with Crippen molar-refractivity contribution in [3.63, 3.8) is 0 Å². The molecule has 0 saturated heterocycles. The van der Waals surface area contributed by atoms with E-state index in [4.69, 9.17) is 0 Å². The standard InChI is InChI=1S/C12H7Br2F2NO2S/c13-7-1-3-9(14)11(5-7)17-20(18,19)12-6-8(15)2-4-10(12)16/h1-6,17H.